The lowest BCUT2D eigenvalue weighted by atomic mass is 9.78. The van der Waals surface area contributed by atoms with E-state index in [4.69, 9.17) is 4.99 Å². The van der Waals surface area contributed by atoms with Crippen molar-refractivity contribution in [3.05, 3.63) is 77.9 Å². The molecular formula is C36H48N4. The number of hydrogen-bond donors (Lipinski definition) is 3. The Labute approximate surface area is 239 Å². The van der Waals surface area contributed by atoms with E-state index < -0.39 is 0 Å². The number of aromatic nitrogens is 3. The number of nitrogens with one attached hydrogen (secondary N) is 3. The van der Waals surface area contributed by atoms with Crippen molar-refractivity contribution in [2.24, 2.45) is 10.4 Å². The largest absolute Gasteiger partial charge is 0.355 e. The van der Waals surface area contributed by atoms with Crippen LogP contribution in [0, 0.1) is 5.41 Å². The van der Waals surface area contributed by atoms with Crippen LogP contribution in [0.2, 0.25) is 0 Å². The van der Waals surface area contributed by atoms with Crippen LogP contribution in [0.25, 0.3) is 24.3 Å². The second-order valence-corrected chi connectivity index (χ2v) is 11.4. The molecule has 0 amide bonds. The maximum Gasteiger partial charge on any atom is 0.0623 e. The van der Waals surface area contributed by atoms with E-state index in [1.54, 1.807) is 0 Å². The first kappa shape index (κ1) is 28.3. The Morgan fingerprint density at radius 3 is 1.30 bits per heavy atom. The van der Waals surface area contributed by atoms with E-state index in [-0.39, 0.29) is 5.41 Å². The monoisotopic (exact) mass is 536 g/mol. The normalized spacial score (nSPS) is 15.6. The molecule has 0 saturated heterocycles. The average Bonchev–Trinajstić information content (AvgIpc) is 3.68. The quantitative estimate of drug-likeness (QED) is 0.344. The van der Waals surface area contributed by atoms with Crippen LogP contribution >= 0.6 is 0 Å². The molecule has 40 heavy (non-hydrogen) atoms. The maximum absolute atomic E-state index is 5.31. The van der Waals surface area contributed by atoms with E-state index in [9.17, 15) is 0 Å². The molecule has 5 rings (SSSR count). The summed E-state index contributed by atoms with van der Waals surface area (Å²) in [5.74, 6) is 0. The number of fused-ring (bicyclic) bond motifs is 7. The average molecular weight is 537 g/mol. The van der Waals surface area contributed by atoms with Crippen molar-refractivity contribution in [3.63, 3.8) is 0 Å². The first-order valence-electron chi connectivity index (χ1n) is 15.8. The third kappa shape index (κ3) is 4.50. The fraction of sp³-hybridized carbons (Fsp3) is 0.472. The maximum atomic E-state index is 5.31. The lowest BCUT2D eigenvalue weighted by Crippen LogP contribution is -2.26. The Balaban J connectivity index is 1.97. The van der Waals surface area contributed by atoms with E-state index in [1.165, 1.54) is 71.9 Å². The predicted octanol–water partition coefficient (Wildman–Crippen LogP) is 5.42. The highest BCUT2D eigenvalue weighted by atomic mass is 14.8. The Morgan fingerprint density at radius 2 is 0.900 bits per heavy atom. The van der Waals surface area contributed by atoms with Gasteiger partial charge >= 0.3 is 0 Å². The van der Waals surface area contributed by atoms with Crippen LogP contribution in [0.3, 0.4) is 0 Å². The molecule has 3 N–H and O–H groups in total. The Morgan fingerprint density at radius 1 is 0.500 bits per heavy atom. The summed E-state index contributed by atoms with van der Waals surface area (Å²) in [7, 11) is 0. The third-order valence-electron chi connectivity index (χ3n) is 9.57. The number of nitrogens with zero attached hydrogens (tertiary/aromatic N) is 1. The second-order valence-electron chi connectivity index (χ2n) is 11.4. The van der Waals surface area contributed by atoms with Crippen LogP contribution in [0.1, 0.15) is 113 Å². The van der Waals surface area contributed by atoms with Crippen LogP contribution in [-0.2, 0) is 38.5 Å². The summed E-state index contributed by atoms with van der Waals surface area (Å²) < 4.78 is 0. The van der Waals surface area contributed by atoms with Gasteiger partial charge in [0.2, 0.25) is 0 Å². The van der Waals surface area contributed by atoms with E-state index in [0.717, 1.165) is 57.1 Å². The Hall–Kier alpha value is -3.27. The second kappa shape index (κ2) is 11.3. The standard InChI is InChI=1S/C36H48N4/c1-9-23-24(10-2)30-18-31-25(11-3)26(12-4)32(39-31)19-33-27(13-5)28(14-6)34(40-33)20-35-36(15-7,16-8)21-22(37-35)17-29(23)38-30/h17-21,38-40H,9-16H2,1-8H3. The van der Waals surface area contributed by atoms with Crippen LogP contribution in [0.15, 0.2) is 16.8 Å². The molecule has 0 aromatic carbocycles. The van der Waals surface area contributed by atoms with Gasteiger partial charge in [0.1, 0.15) is 0 Å². The summed E-state index contributed by atoms with van der Waals surface area (Å²) >= 11 is 0. The molecule has 3 aromatic heterocycles. The molecule has 0 aliphatic carbocycles. The summed E-state index contributed by atoms with van der Waals surface area (Å²) in [6.45, 7) is 18.3. The number of aliphatic imine (C=N–C) groups is 1. The molecule has 5 heterocycles. The molecule has 4 heteroatoms. The number of hydrogen-bond acceptors (Lipinski definition) is 1. The minimum atomic E-state index is -0.0486. The topological polar surface area (TPSA) is 59.7 Å². The minimum absolute atomic E-state index is 0.0486. The van der Waals surface area contributed by atoms with Gasteiger partial charge in [-0.15, -0.1) is 0 Å². The number of aromatic amines is 3. The van der Waals surface area contributed by atoms with Crippen molar-refractivity contribution in [1.29, 1.82) is 0 Å². The van der Waals surface area contributed by atoms with Crippen molar-refractivity contribution in [3.8, 4) is 0 Å². The van der Waals surface area contributed by atoms with Gasteiger partial charge in [-0.05, 0) is 115 Å². The van der Waals surface area contributed by atoms with Crippen molar-refractivity contribution in [2.75, 3.05) is 0 Å². The van der Waals surface area contributed by atoms with Gasteiger partial charge in [0.25, 0.3) is 0 Å². The Bertz CT molecular complexity index is 1720. The summed E-state index contributed by atoms with van der Waals surface area (Å²) in [6, 6.07) is 0. The first-order chi connectivity index (χ1) is 19.4. The van der Waals surface area contributed by atoms with Crippen molar-refractivity contribution >= 4 is 30.0 Å². The molecule has 2 aliphatic rings. The van der Waals surface area contributed by atoms with Crippen LogP contribution in [-0.4, -0.2) is 20.7 Å². The molecule has 0 fully saturated rings. The van der Waals surface area contributed by atoms with Crippen molar-refractivity contribution < 1.29 is 0 Å². The molecule has 0 saturated carbocycles. The summed E-state index contributed by atoms with van der Waals surface area (Å²) in [5.41, 5.74) is 13.2. The van der Waals surface area contributed by atoms with Crippen LogP contribution < -0.4 is 21.4 Å². The van der Waals surface area contributed by atoms with Gasteiger partial charge in [-0.2, -0.15) is 0 Å². The highest BCUT2D eigenvalue weighted by Gasteiger charge is 2.33. The predicted molar refractivity (Wildman–Crippen MR) is 172 cm³/mol. The zero-order chi connectivity index (χ0) is 28.6. The summed E-state index contributed by atoms with van der Waals surface area (Å²) in [4.78, 5) is 16.9. The van der Waals surface area contributed by atoms with Gasteiger partial charge < -0.3 is 15.0 Å². The highest BCUT2D eigenvalue weighted by molar-refractivity contribution is 6.16. The van der Waals surface area contributed by atoms with Gasteiger partial charge in [0.05, 0.1) is 11.4 Å². The molecule has 0 atom stereocenters. The van der Waals surface area contributed by atoms with Gasteiger partial charge in [0.15, 0.2) is 0 Å². The SMILES string of the molecule is CCc1c2[nH]c(c1CC)C=c1[nH]c(c(CC)c1CC)=CC1=NC(=CC1(CC)CC)C=c1[nH]c(c(CC)c1CC)=C2. The molecule has 0 spiro atoms. The zero-order valence-electron chi connectivity index (χ0n) is 26.0. The molecule has 0 radical (unpaired) electrons. The summed E-state index contributed by atoms with van der Waals surface area (Å²) in [6.07, 6.45) is 19.9. The van der Waals surface area contributed by atoms with Crippen molar-refractivity contribution in [2.45, 2.75) is 107 Å². The van der Waals surface area contributed by atoms with Gasteiger partial charge in [-0.3, -0.25) is 4.99 Å². The minimum Gasteiger partial charge on any atom is -0.355 e. The molecule has 0 unspecified atom stereocenters. The molecule has 4 nitrogen and oxygen atoms in total. The smallest absolute Gasteiger partial charge is 0.0623 e. The molecule has 8 bridgehead atoms. The first-order valence-corrected chi connectivity index (χ1v) is 15.8. The van der Waals surface area contributed by atoms with Crippen molar-refractivity contribution in [1.82, 2.24) is 15.0 Å². The van der Waals surface area contributed by atoms with Crippen LogP contribution in [0.4, 0.5) is 0 Å². The lowest BCUT2D eigenvalue weighted by molar-refractivity contribution is 0.505. The molecule has 3 aromatic rings. The number of H-pyrrole nitrogens is 3. The van der Waals surface area contributed by atoms with Gasteiger partial charge in [0, 0.05) is 38.2 Å². The number of rotatable bonds is 8. The van der Waals surface area contributed by atoms with E-state index in [0.29, 0.717) is 0 Å². The van der Waals surface area contributed by atoms with Crippen LogP contribution in [0.5, 0.6) is 0 Å². The Kier molecular flexibility index (Phi) is 7.99. The molecular weight excluding hydrogens is 488 g/mol. The van der Waals surface area contributed by atoms with E-state index >= 15 is 0 Å². The van der Waals surface area contributed by atoms with E-state index in [2.05, 4.69) is 101 Å². The fourth-order valence-corrected chi connectivity index (χ4v) is 7.30. The third-order valence-corrected chi connectivity index (χ3v) is 9.57. The lowest BCUT2D eigenvalue weighted by Gasteiger charge is -2.24. The molecule has 212 valence electrons. The highest BCUT2D eigenvalue weighted by Crippen LogP contribution is 2.38. The fourth-order valence-electron chi connectivity index (χ4n) is 7.30. The van der Waals surface area contributed by atoms with E-state index in [1.807, 2.05) is 0 Å². The molecule has 2 aliphatic heterocycles. The van der Waals surface area contributed by atoms with Gasteiger partial charge in [-0.25, -0.2) is 0 Å². The zero-order valence-corrected chi connectivity index (χ0v) is 26.0. The summed E-state index contributed by atoms with van der Waals surface area (Å²) in [5, 5.41) is 4.87. The number of allylic oxidation sites excluding steroid dienone is 2. The van der Waals surface area contributed by atoms with Gasteiger partial charge in [-0.1, -0.05) is 55.4 Å².